The molecule has 2 rings (SSSR count). The summed E-state index contributed by atoms with van der Waals surface area (Å²) in [6, 6.07) is 6.02. The highest BCUT2D eigenvalue weighted by molar-refractivity contribution is 7.13. The van der Waals surface area contributed by atoms with Gasteiger partial charge in [-0.2, -0.15) is 5.10 Å². The molecule has 6 nitrogen and oxygen atoms in total. The number of hydrogen-bond donors (Lipinski definition) is 1. The van der Waals surface area contributed by atoms with E-state index in [9.17, 15) is 4.79 Å². The molecule has 0 atom stereocenters. The maximum absolute atomic E-state index is 11.5. The Morgan fingerprint density at radius 1 is 1.38 bits per heavy atom. The lowest BCUT2D eigenvalue weighted by Gasteiger charge is -2.09. The Balaban J connectivity index is 1.96. The molecule has 140 valence electrons. The number of aryl methyl sites for hydroxylation is 1. The minimum absolute atomic E-state index is 0.170. The molecular weight excluding hydrogens is 350 g/mol. The number of esters is 1. The molecule has 1 aromatic carbocycles. The van der Waals surface area contributed by atoms with E-state index in [4.69, 9.17) is 9.47 Å². The number of ether oxygens (including phenoxy) is 2. The zero-order chi connectivity index (χ0) is 18.8. The zero-order valence-electron chi connectivity index (χ0n) is 15.4. The van der Waals surface area contributed by atoms with Crippen LogP contribution in [0.5, 0.6) is 5.75 Å². The molecule has 0 unspecified atom stereocenters. The first-order valence-corrected chi connectivity index (χ1v) is 9.62. The standard InChI is InChI=1S/C19H25N3O3S/c1-4-6-9-25-17-8-7-14(3)10-15(17)12-20-22-19-21-16(13-26-19)11-18(23)24-5-2/h7-8,10,12-13H,4-6,9,11H2,1-3H3,(H,21,22). The Morgan fingerprint density at radius 3 is 3.00 bits per heavy atom. The van der Waals surface area contributed by atoms with Crippen molar-refractivity contribution < 1.29 is 14.3 Å². The van der Waals surface area contributed by atoms with Crippen molar-refractivity contribution in [3.8, 4) is 5.75 Å². The Hall–Kier alpha value is -2.41. The van der Waals surface area contributed by atoms with Gasteiger partial charge in [-0.15, -0.1) is 11.3 Å². The lowest BCUT2D eigenvalue weighted by atomic mass is 10.1. The van der Waals surface area contributed by atoms with Crippen molar-refractivity contribution in [3.05, 3.63) is 40.4 Å². The minimum atomic E-state index is -0.276. The molecule has 0 amide bonds. The molecule has 26 heavy (non-hydrogen) atoms. The van der Waals surface area contributed by atoms with Crippen molar-refractivity contribution in [3.63, 3.8) is 0 Å². The van der Waals surface area contributed by atoms with E-state index < -0.39 is 0 Å². The third-order valence-electron chi connectivity index (χ3n) is 3.47. The summed E-state index contributed by atoms with van der Waals surface area (Å²) in [6.07, 6.45) is 4.00. The third kappa shape index (κ3) is 6.48. The molecule has 0 aliphatic heterocycles. The van der Waals surface area contributed by atoms with Gasteiger partial charge in [0.1, 0.15) is 5.75 Å². The van der Waals surface area contributed by atoms with Gasteiger partial charge in [-0.05, 0) is 32.4 Å². The normalized spacial score (nSPS) is 10.9. The summed E-state index contributed by atoms with van der Waals surface area (Å²) in [4.78, 5) is 15.8. The highest BCUT2D eigenvalue weighted by atomic mass is 32.1. The number of unbranched alkanes of at least 4 members (excludes halogenated alkanes) is 1. The SMILES string of the molecule is CCCCOc1ccc(C)cc1C=NNc1nc(CC(=O)OCC)cs1. The Bertz CT molecular complexity index is 743. The molecule has 0 saturated carbocycles. The van der Waals surface area contributed by atoms with Crippen LogP contribution < -0.4 is 10.2 Å². The molecule has 0 radical (unpaired) electrons. The van der Waals surface area contributed by atoms with E-state index in [1.165, 1.54) is 11.3 Å². The third-order valence-corrected chi connectivity index (χ3v) is 4.26. The van der Waals surface area contributed by atoms with Gasteiger partial charge in [0.25, 0.3) is 0 Å². The van der Waals surface area contributed by atoms with Crippen LogP contribution in [0.1, 0.15) is 43.5 Å². The molecule has 0 fully saturated rings. The van der Waals surface area contributed by atoms with Crippen molar-refractivity contribution in [1.82, 2.24) is 4.98 Å². The van der Waals surface area contributed by atoms with Crippen LogP contribution in [0.25, 0.3) is 0 Å². The summed E-state index contributed by atoms with van der Waals surface area (Å²) in [5.41, 5.74) is 5.63. The molecule has 0 spiro atoms. The van der Waals surface area contributed by atoms with Crippen molar-refractivity contribution in [2.75, 3.05) is 18.6 Å². The van der Waals surface area contributed by atoms with Gasteiger partial charge in [-0.3, -0.25) is 10.2 Å². The van der Waals surface area contributed by atoms with Gasteiger partial charge in [0.2, 0.25) is 5.13 Å². The van der Waals surface area contributed by atoms with Crippen molar-refractivity contribution >= 4 is 28.7 Å². The smallest absolute Gasteiger partial charge is 0.311 e. The van der Waals surface area contributed by atoms with Gasteiger partial charge >= 0.3 is 5.97 Å². The van der Waals surface area contributed by atoms with Crippen molar-refractivity contribution in [2.45, 2.75) is 40.0 Å². The van der Waals surface area contributed by atoms with Gasteiger partial charge < -0.3 is 9.47 Å². The Morgan fingerprint density at radius 2 is 2.23 bits per heavy atom. The van der Waals surface area contributed by atoms with E-state index in [2.05, 4.69) is 22.4 Å². The summed E-state index contributed by atoms with van der Waals surface area (Å²) in [6.45, 7) is 7.01. The number of aromatic nitrogens is 1. The molecule has 7 heteroatoms. The summed E-state index contributed by atoms with van der Waals surface area (Å²) in [7, 11) is 0. The lowest BCUT2D eigenvalue weighted by Crippen LogP contribution is -2.07. The highest BCUT2D eigenvalue weighted by Gasteiger charge is 2.08. The average Bonchev–Trinajstić information content (AvgIpc) is 3.04. The first-order chi connectivity index (χ1) is 12.6. The van der Waals surface area contributed by atoms with Gasteiger partial charge in [0.15, 0.2) is 0 Å². The predicted molar refractivity (Wildman–Crippen MR) is 105 cm³/mol. The summed E-state index contributed by atoms with van der Waals surface area (Å²) in [5, 5.41) is 6.69. The van der Waals surface area contributed by atoms with Crippen LogP contribution in [-0.2, 0) is 16.0 Å². The second-order valence-corrected chi connectivity index (χ2v) is 6.60. The minimum Gasteiger partial charge on any atom is -0.493 e. The van der Waals surface area contributed by atoms with Crippen LogP contribution in [0.15, 0.2) is 28.7 Å². The number of carbonyl (C=O) groups excluding carboxylic acids is 1. The molecule has 0 aliphatic rings. The van der Waals surface area contributed by atoms with E-state index >= 15 is 0 Å². The van der Waals surface area contributed by atoms with Crippen LogP contribution in [-0.4, -0.2) is 30.4 Å². The van der Waals surface area contributed by atoms with Crippen LogP contribution >= 0.6 is 11.3 Å². The maximum atomic E-state index is 11.5. The molecule has 0 saturated heterocycles. The fourth-order valence-corrected chi connectivity index (χ4v) is 2.84. The quantitative estimate of drug-likeness (QED) is 0.292. The number of hydrazone groups is 1. The van der Waals surface area contributed by atoms with Crippen LogP contribution in [0.3, 0.4) is 0 Å². The molecule has 0 bridgehead atoms. The molecule has 1 N–H and O–H groups in total. The Kier molecular flexibility index (Phi) is 8.08. The number of nitrogens with zero attached hydrogens (tertiary/aromatic N) is 2. The molecule has 0 aliphatic carbocycles. The van der Waals surface area contributed by atoms with E-state index in [-0.39, 0.29) is 12.4 Å². The molecule has 1 heterocycles. The van der Waals surface area contributed by atoms with E-state index in [1.54, 1.807) is 13.1 Å². The number of anilines is 1. The number of nitrogens with one attached hydrogen (secondary N) is 1. The largest absolute Gasteiger partial charge is 0.493 e. The van der Waals surface area contributed by atoms with Crippen molar-refractivity contribution in [1.29, 1.82) is 0 Å². The fourth-order valence-electron chi connectivity index (χ4n) is 2.18. The number of hydrogen-bond acceptors (Lipinski definition) is 7. The number of carbonyl (C=O) groups is 1. The Labute approximate surface area is 158 Å². The average molecular weight is 375 g/mol. The van der Waals surface area contributed by atoms with E-state index in [0.29, 0.717) is 24.0 Å². The molecular formula is C19H25N3O3S. The molecule has 1 aromatic heterocycles. The number of rotatable bonds is 10. The first kappa shape index (κ1) is 19.9. The van der Waals surface area contributed by atoms with Gasteiger partial charge in [-0.1, -0.05) is 25.0 Å². The van der Waals surface area contributed by atoms with Gasteiger partial charge in [-0.25, -0.2) is 4.98 Å². The van der Waals surface area contributed by atoms with E-state index in [0.717, 1.165) is 29.7 Å². The zero-order valence-corrected chi connectivity index (χ0v) is 16.3. The van der Waals surface area contributed by atoms with E-state index in [1.807, 2.05) is 30.5 Å². The monoisotopic (exact) mass is 375 g/mol. The maximum Gasteiger partial charge on any atom is 0.311 e. The molecule has 2 aromatic rings. The topological polar surface area (TPSA) is 72.8 Å². The summed E-state index contributed by atoms with van der Waals surface area (Å²) < 4.78 is 10.7. The number of benzene rings is 1. The predicted octanol–water partition coefficient (Wildman–Crippen LogP) is 4.18. The fraction of sp³-hybridized carbons (Fsp3) is 0.421. The summed E-state index contributed by atoms with van der Waals surface area (Å²) >= 11 is 1.39. The van der Waals surface area contributed by atoms with Gasteiger partial charge in [0.05, 0.1) is 31.5 Å². The van der Waals surface area contributed by atoms with Gasteiger partial charge in [0, 0.05) is 10.9 Å². The lowest BCUT2D eigenvalue weighted by molar-refractivity contribution is -0.142. The second kappa shape index (κ2) is 10.6. The van der Waals surface area contributed by atoms with Crippen LogP contribution in [0, 0.1) is 6.92 Å². The first-order valence-electron chi connectivity index (χ1n) is 8.75. The van der Waals surface area contributed by atoms with Crippen LogP contribution in [0.4, 0.5) is 5.13 Å². The number of thiazole rings is 1. The summed E-state index contributed by atoms with van der Waals surface area (Å²) in [5.74, 6) is 0.540. The second-order valence-electron chi connectivity index (χ2n) is 5.74. The van der Waals surface area contributed by atoms with Crippen LogP contribution in [0.2, 0.25) is 0 Å². The van der Waals surface area contributed by atoms with Crippen molar-refractivity contribution in [2.24, 2.45) is 5.10 Å². The highest BCUT2D eigenvalue weighted by Crippen LogP contribution is 2.20.